The van der Waals surface area contributed by atoms with Crippen LogP contribution in [0, 0.1) is 11.6 Å². The van der Waals surface area contributed by atoms with Crippen LogP contribution in [0.5, 0.6) is 0 Å². The Morgan fingerprint density at radius 1 is 0.812 bits per heavy atom. The van der Waals surface area contributed by atoms with E-state index in [1.54, 1.807) is 6.07 Å². The Hall–Kier alpha value is -0.920. The topological polar surface area (TPSA) is 0 Å². The molecule has 2 heteroatoms. The summed E-state index contributed by atoms with van der Waals surface area (Å²) in [5.41, 5.74) is 0.783. The monoisotopic (exact) mass is 226 g/mol. The SMILES string of the molecule is CC(C)(C)c1ccc(F)c(F)c1C(C)(C)C. The van der Waals surface area contributed by atoms with Crippen LogP contribution in [-0.4, -0.2) is 0 Å². The maximum absolute atomic E-state index is 13.9. The number of benzene rings is 1. The van der Waals surface area contributed by atoms with E-state index < -0.39 is 17.0 Å². The molecule has 0 radical (unpaired) electrons. The van der Waals surface area contributed by atoms with Crippen molar-refractivity contribution in [2.24, 2.45) is 0 Å². The second-order valence-electron chi connectivity index (χ2n) is 6.28. The summed E-state index contributed by atoms with van der Waals surface area (Å²) in [4.78, 5) is 0. The molecule has 1 aromatic carbocycles. The van der Waals surface area contributed by atoms with Crippen LogP contribution in [0.15, 0.2) is 12.1 Å². The van der Waals surface area contributed by atoms with E-state index >= 15 is 0 Å². The van der Waals surface area contributed by atoms with Gasteiger partial charge in [-0.3, -0.25) is 0 Å². The van der Waals surface area contributed by atoms with Gasteiger partial charge in [0.25, 0.3) is 0 Å². The molecule has 0 saturated heterocycles. The molecular weight excluding hydrogens is 206 g/mol. The second-order valence-corrected chi connectivity index (χ2v) is 6.28. The van der Waals surface area contributed by atoms with E-state index in [4.69, 9.17) is 0 Å². The fourth-order valence-electron chi connectivity index (χ4n) is 1.91. The molecule has 0 fully saturated rings. The second kappa shape index (κ2) is 3.83. The highest BCUT2D eigenvalue weighted by Gasteiger charge is 2.29. The van der Waals surface area contributed by atoms with E-state index in [0.717, 1.165) is 5.56 Å². The van der Waals surface area contributed by atoms with Crippen LogP contribution in [0.25, 0.3) is 0 Å². The minimum Gasteiger partial charge on any atom is -0.204 e. The molecule has 0 aliphatic rings. The van der Waals surface area contributed by atoms with Gasteiger partial charge in [-0.1, -0.05) is 47.6 Å². The predicted octanol–water partition coefficient (Wildman–Crippen LogP) is 4.56. The Balaban J connectivity index is 3.59. The van der Waals surface area contributed by atoms with E-state index in [1.807, 2.05) is 41.5 Å². The van der Waals surface area contributed by atoms with Crippen molar-refractivity contribution in [3.8, 4) is 0 Å². The van der Waals surface area contributed by atoms with Gasteiger partial charge in [-0.15, -0.1) is 0 Å². The van der Waals surface area contributed by atoms with Crippen molar-refractivity contribution < 1.29 is 8.78 Å². The van der Waals surface area contributed by atoms with E-state index in [0.29, 0.717) is 5.56 Å². The van der Waals surface area contributed by atoms with Crippen molar-refractivity contribution in [2.45, 2.75) is 52.4 Å². The summed E-state index contributed by atoms with van der Waals surface area (Å²) < 4.78 is 27.2. The van der Waals surface area contributed by atoms with Gasteiger partial charge in [0.1, 0.15) is 0 Å². The van der Waals surface area contributed by atoms with Gasteiger partial charge in [-0.2, -0.15) is 0 Å². The number of rotatable bonds is 0. The molecule has 16 heavy (non-hydrogen) atoms. The molecule has 0 amide bonds. The first kappa shape index (κ1) is 13.1. The van der Waals surface area contributed by atoms with Gasteiger partial charge in [0.15, 0.2) is 11.6 Å². The lowest BCUT2D eigenvalue weighted by Gasteiger charge is -2.30. The van der Waals surface area contributed by atoms with E-state index in [1.165, 1.54) is 6.07 Å². The number of halogens is 2. The van der Waals surface area contributed by atoms with Crippen molar-refractivity contribution in [1.82, 2.24) is 0 Å². The summed E-state index contributed by atoms with van der Waals surface area (Å²) in [5, 5.41) is 0. The molecule has 0 atom stereocenters. The molecule has 0 aliphatic carbocycles. The molecule has 1 aromatic rings. The summed E-state index contributed by atoms with van der Waals surface area (Å²) in [6.07, 6.45) is 0. The van der Waals surface area contributed by atoms with Gasteiger partial charge in [0, 0.05) is 0 Å². The van der Waals surface area contributed by atoms with Gasteiger partial charge >= 0.3 is 0 Å². The number of hydrogen-bond donors (Lipinski definition) is 0. The van der Waals surface area contributed by atoms with Crippen LogP contribution >= 0.6 is 0 Å². The van der Waals surface area contributed by atoms with Crippen molar-refractivity contribution in [2.75, 3.05) is 0 Å². The zero-order valence-electron chi connectivity index (χ0n) is 10.9. The lowest BCUT2D eigenvalue weighted by molar-refractivity contribution is 0.446. The van der Waals surface area contributed by atoms with Crippen molar-refractivity contribution in [3.05, 3.63) is 34.9 Å². The Morgan fingerprint density at radius 3 is 1.69 bits per heavy atom. The summed E-state index contributed by atoms with van der Waals surface area (Å²) in [6, 6.07) is 2.91. The molecule has 0 aromatic heterocycles. The zero-order chi connectivity index (χ0) is 12.7. The van der Waals surface area contributed by atoms with E-state index in [-0.39, 0.29) is 5.41 Å². The first-order valence-electron chi connectivity index (χ1n) is 5.54. The van der Waals surface area contributed by atoms with Crippen LogP contribution in [-0.2, 0) is 10.8 Å². The van der Waals surface area contributed by atoms with Gasteiger partial charge < -0.3 is 0 Å². The molecule has 0 unspecified atom stereocenters. The summed E-state index contributed by atoms with van der Waals surface area (Å²) in [5.74, 6) is -1.47. The minimum atomic E-state index is -0.766. The Morgan fingerprint density at radius 2 is 1.31 bits per heavy atom. The van der Waals surface area contributed by atoms with Gasteiger partial charge in [0.2, 0.25) is 0 Å². The highest BCUT2D eigenvalue weighted by atomic mass is 19.2. The maximum Gasteiger partial charge on any atom is 0.162 e. The standard InChI is InChI=1S/C14H20F2/c1-13(2,3)9-7-8-10(15)12(16)11(9)14(4,5)6/h7-8H,1-6H3. The molecule has 0 heterocycles. The molecule has 0 bridgehead atoms. The van der Waals surface area contributed by atoms with Crippen LogP contribution < -0.4 is 0 Å². The highest BCUT2D eigenvalue weighted by molar-refractivity contribution is 5.39. The molecule has 90 valence electrons. The van der Waals surface area contributed by atoms with Crippen LogP contribution in [0.2, 0.25) is 0 Å². The summed E-state index contributed by atoms with van der Waals surface area (Å²) in [7, 11) is 0. The zero-order valence-corrected chi connectivity index (χ0v) is 10.9. The average molecular weight is 226 g/mol. The maximum atomic E-state index is 13.9. The fourth-order valence-corrected chi connectivity index (χ4v) is 1.91. The number of hydrogen-bond acceptors (Lipinski definition) is 0. The van der Waals surface area contributed by atoms with Crippen LogP contribution in [0.1, 0.15) is 52.7 Å². The predicted molar refractivity (Wildman–Crippen MR) is 63.8 cm³/mol. The third-order valence-electron chi connectivity index (χ3n) is 2.65. The molecule has 0 saturated carbocycles. The molecule has 1 rings (SSSR count). The smallest absolute Gasteiger partial charge is 0.162 e. The Labute approximate surface area is 96.7 Å². The van der Waals surface area contributed by atoms with Crippen molar-refractivity contribution in [3.63, 3.8) is 0 Å². The largest absolute Gasteiger partial charge is 0.204 e. The first-order chi connectivity index (χ1) is 7.05. The molecule has 0 spiro atoms. The van der Waals surface area contributed by atoms with Gasteiger partial charge in [-0.05, 0) is 28.0 Å². The van der Waals surface area contributed by atoms with Gasteiger partial charge in [0.05, 0.1) is 0 Å². The fraction of sp³-hybridized carbons (Fsp3) is 0.571. The molecule has 0 N–H and O–H groups in total. The summed E-state index contributed by atoms with van der Waals surface area (Å²) in [6.45, 7) is 11.7. The summed E-state index contributed by atoms with van der Waals surface area (Å²) >= 11 is 0. The Kier molecular flexibility index (Phi) is 3.15. The third-order valence-corrected chi connectivity index (χ3v) is 2.65. The minimum absolute atomic E-state index is 0.183. The third kappa shape index (κ3) is 2.42. The average Bonchev–Trinajstić information content (AvgIpc) is 2.05. The van der Waals surface area contributed by atoms with Gasteiger partial charge in [-0.25, -0.2) is 8.78 Å². The normalized spacial score (nSPS) is 13.0. The highest BCUT2D eigenvalue weighted by Crippen LogP contribution is 2.36. The van der Waals surface area contributed by atoms with Crippen LogP contribution in [0.3, 0.4) is 0 Å². The Bertz CT molecular complexity index is 392. The lowest BCUT2D eigenvalue weighted by Crippen LogP contribution is -2.24. The van der Waals surface area contributed by atoms with Crippen molar-refractivity contribution in [1.29, 1.82) is 0 Å². The van der Waals surface area contributed by atoms with E-state index in [2.05, 4.69) is 0 Å². The quantitative estimate of drug-likeness (QED) is 0.608. The molecule has 0 aliphatic heterocycles. The van der Waals surface area contributed by atoms with Crippen molar-refractivity contribution >= 4 is 0 Å². The lowest BCUT2D eigenvalue weighted by atomic mass is 9.75. The molecule has 0 nitrogen and oxygen atoms in total. The van der Waals surface area contributed by atoms with E-state index in [9.17, 15) is 8.78 Å². The first-order valence-corrected chi connectivity index (χ1v) is 5.54. The van der Waals surface area contributed by atoms with Crippen LogP contribution in [0.4, 0.5) is 8.78 Å². The molecular formula is C14H20F2.